The first-order valence-corrected chi connectivity index (χ1v) is 13.2. The fraction of sp³-hybridized carbons (Fsp3) is 0.452. The lowest BCUT2D eigenvalue weighted by molar-refractivity contribution is -0.105. The number of rotatable bonds is 11. The predicted octanol–water partition coefficient (Wildman–Crippen LogP) is 8.26. The Balaban J connectivity index is 0. The molecule has 0 bridgehead atoms. The molecule has 1 N–H and O–H groups in total. The van der Waals surface area contributed by atoms with Crippen LogP contribution in [0.1, 0.15) is 71.9 Å². The number of carbonyl (C=O) groups is 1. The van der Waals surface area contributed by atoms with Crippen molar-refractivity contribution in [3.8, 4) is 0 Å². The van der Waals surface area contributed by atoms with Crippen LogP contribution in [0, 0.1) is 0 Å². The van der Waals surface area contributed by atoms with Crippen LogP contribution in [0.3, 0.4) is 0 Å². The van der Waals surface area contributed by atoms with E-state index in [1.165, 1.54) is 0 Å². The molecule has 0 saturated heterocycles. The Kier molecular flexibility index (Phi) is 24.4. The molecule has 0 heterocycles. The smallest absolute Gasteiger partial charge is 0.150 e. The Morgan fingerprint density at radius 3 is 2.28 bits per heavy atom. The van der Waals surface area contributed by atoms with Crippen LogP contribution in [0.2, 0.25) is 5.02 Å². The van der Waals surface area contributed by atoms with E-state index >= 15 is 0 Å². The number of aldehydes is 1. The van der Waals surface area contributed by atoms with Crippen molar-refractivity contribution in [3.05, 3.63) is 95.6 Å². The molecule has 0 amide bonds. The van der Waals surface area contributed by atoms with Gasteiger partial charge in [0.1, 0.15) is 12.5 Å². The van der Waals surface area contributed by atoms with Crippen LogP contribution in [-0.4, -0.2) is 42.8 Å². The summed E-state index contributed by atoms with van der Waals surface area (Å²) in [5, 5.41) is 9.72. The van der Waals surface area contributed by atoms with E-state index in [0.717, 1.165) is 36.7 Å². The van der Waals surface area contributed by atoms with Crippen molar-refractivity contribution in [2.24, 2.45) is 0 Å². The second-order valence-corrected chi connectivity index (χ2v) is 8.15. The number of benzene rings is 1. The van der Waals surface area contributed by atoms with Gasteiger partial charge in [-0.1, -0.05) is 81.0 Å². The fourth-order valence-corrected chi connectivity index (χ4v) is 3.14. The average Bonchev–Trinajstić information content (AvgIpc) is 3.15. The number of allylic oxidation sites excluding steroid dienone is 6. The van der Waals surface area contributed by atoms with Crippen molar-refractivity contribution in [1.82, 2.24) is 4.90 Å². The van der Waals surface area contributed by atoms with E-state index in [1.807, 2.05) is 82.5 Å². The van der Waals surface area contributed by atoms with Crippen LogP contribution >= 0.6 is 11.6 Å². The van der Waals surface area contributed by atoms with Crippen molar-refractivity contribution < 1.29 is 14.6 Å². The number of hydrogen-bond donors (Lipinski definition) is 1. The molecule has 4 nitrogen and oxygen atoms in total. The number of aliphatic hydroxyl groups excluding tert-OH is 1. The second kappa shape index (κ2) is 24.5. The normalized spacial score (nSPS) is 13.6. The minimum atomic E-state index is -0.367. The van der Waals surface area contributed by atoms with Crippen LogP contribution in [0.25, 0.3) is 0 Å². The van der Waals surface area contributed by atoms with Gasteiger partial charge in [-0.25, -0.2) is 0 Å². The van der Waals surface area contributed by atoms with Gasteiger partial charge in [-0.2, -0.15) is 0 Å². The SMILES string of the molecule is C=CC.C=CCC.CC.C[C@H](c1ccc(Cl)cc1)N(C)C(OCCCCO)C1=CC=CCC=C1C=O. The van der Waals surface area contributed by atoms with Crippen molar-refractivity contribution >= 4 is 17.9 Å². The standard InChI is InChI=1S/C22H28ClNO3.C4H8.C3H6.C2H6/c1-17(18-10-12-20(23)13-11-18)24(2)22(27-15-7-6-14-25)21-9-5-3-4-8-19(21)16-26;1-3-4-2;1-3-2;1-2/h3,5,8-13,16-17,22,25H,4,6-7,14-15H2,1-2H3;3H,1,4H2,2H3;3H,1H2,2H3;1-2H3/t17-,22?;;;/m1.../s1. The highest BCUT2D eigenvalue weighted by Crippen LogP contribution is 2.29. The molecule has 1 aliphatic rings. The van der Waals surface area contributed by atoms with Crippen molar-refractivity contribution in [3.63, 3.8) is 0 Å². The van der Waals surface area contributed by atoms with E-state index in [4.69, 9.17) is 21.4 Å². The first-order chi connectivity index (χ1) is 17.4. The summed E-state index contributed by atoms with van der Waals surface area (Å²) in [6.45, 7) is 17.6. The highest BCUT2D eigenvalue weighted by Gasteiger charge is 2.27. The van der Waals surface area contributed by atoms with Gasteiger partial charge in [-0.05, 0) is 64.3 Å². The Hall–Kier alpha value is -2.24. The largest absolute Gasteiger partial charge is 0.396 e. The van der Waals surface area contributed by atoms with Gasteiger partial charge >= 0.3 is 0 Å². The molecule has 1 aromatic rings. The van der Waals surface area contributed by atoms with E-state index in [-0.39, 0.29) is 18.9 Å². The lowest BCUT2D eigenvalue weighted by Crippen LogP contribution is -2.38. The van der Waals surface area contributed by atoms with Crippen LogP contribution < -0.4 is 0 Å². The fourth-order valence-electron chi connectivity index (χ4n) is 3.02. The maximum Gasteiger partial charge on any atom is 0.150 e. The van der Waals surface area contributed by atoms with Gasteiger partial charge in [0.25, 0.3) is 0 Å². The summed E-state index contributed by atoms with van der Waals surface area (Å²) in [7, 11) is 1.99. The predicted molar refractivity (Wildman–Crippen MR) is 157 cm³/mol. The Morgan fingerprint density at radius 2 is 1.78 bits per heavy atom. The molecule has 1 unspecified atom stereocenters. The first kappa shape index (κ1) is 35.9. The lowest BCUT2D eigenvalue weighted by Gasteiger charge is -2.35. The Labute approximate surface area is 225 Å². The maximum atomic E-state index is 11.6. The van der Waals surface area contributed by atoms with E-state index in [1.54, 1.807) is 6.08 Å². The molecule has 0 saturated carbocycles. The molecule has 0 aliphatic heterocycles. The van der Waals surface area contributed by atoms with Gasteiger partial charge in [0.2, 0.25) is 0 Å². The third-order valence-corrected chi connectivity index (χ3v) is 5.31. The molecular formula is C31H48ClNO3. The molecule has 202 valence electrons. The zero-order valence-corrected chi connectivity index (χ0v) is 24.0. The lowest BCUT2D eigenvalue weighted by atomic mass is 10.0. The first-order valence-electron chi connectivity index (χ1n) is 12.8. The summed E-state index contributed by atoms with van der Waals surface area (Å²) in [6, 6.07) is 7.82. The summed E-state index contributed by atoms with van der Waals surface area (Å²) in [5.74, 6) is 0. The van der Waals surface area contributed by atoms with E-state index < -0.39 is 0 Å². The van der Waals surface area contributed by atoms with Gasteiger partial charge in [0.05, 0.1) is 0 Å². The summed E-state index contributed by atoms with van der Waals surface area (Å²) in [6.07, 6.45) is 15.3. The minimum absolute atomic E-state index is 0.0612. The molecule has 1 aromatic carbocycles. The molecular weight excluding hydrogens is 470 g/mol. The third-order valence-electron chi connectivity index (χ3n) is 5.06. The summed E-state index contributed by atoms with van der Waals surface area (Å²) in [4.78, 5) is 13.8. The molecule has 0 radical (unpaired) electrons. The molecule has 2 atom stereocenters. The summed E-state index contributed by atoms with van der Waals surface area (Å²) < 4.78 is 6.19. The van der Waals surface area contributed by atoms with Gasteiger partial charge in [0, 0.05) is 35.4 Å². The molecule has 0 aromatic heterocycles. The topological polar surface area (TPSA) is 49.8 Å². The number of unbranched alkanes of at least 4 members (excludes halogenated alkanes) is 1. The number of likely N-dealkylation sites (N-methyl/N-ethyl adjacent to an activating group) is 1. The number of nitrogens with zero attached hydrogens (tertiary/aromatic N) is 1. The number of halogens is 1. The zero-order valence-electron chi connectivity index (χ0n) is 23.3. The van der Waals surface area contributed by atoms with Gasteiger partial charge in [-0.3, -0.25) is 9.69 Å². The quantitative estimate of drug-likeness (QED) is 0.139. The minimum Gasteiger partial charge on any atom is -0.396 e. The van der Waals surface area contributed by atoms with Crippen molar-refractivity contribution in [2.45, 2.75) is 72.6 Å². The zero-order chi connectivity index (χ0) is 27.8. The molecule has 36 heavy (non-hydrogen) atoms. The third kappa shape index (κ3) is 15.0. The van der Waals surface area contributed by atoms with Crippen molar-refractivity contribution in [1.29, 1.82) is 0 Å². The Bertz CT molecular complexity index is 797. The average molecular weight is 518 g/mol. The molecule has 0 spiro atoms. The molecule has 2 rings (SSSR count). The summed E-state index contributed by atoms with van der Waals surface area (Å²) >= 11 is 6.01. The highest BCUT2D eigenvalue weighted by molar-refractivity contribution is 6.30. The number of aliphatic hydroxyl groups is 1. The maximum absolute atomic E-state index is 11.6. The monoisotopic (exact) mass is 517 g/mol. The molecule has 0 fully saturated rings. The van der Waals surface area contributed by atoms with E-state index in [9.17, 15) is 4.79 Å². The number of ether oxygens (including phenoxy) is 1. The Morgan fingerprint density at radius 1 is 1.19 bits per heavy atom. The van der Waals surface area contributed by atoms with Crippen LogP contribution in [-0.2, 0) is 9.53 Å². The second-order valence-electron chi connectivity index (χ2n) is 7.72. The number of hydrogen-bond acceptors (Lipinski definition) is 4. The molecule has 5 heteroatoms. The van der Waals surface area contributed by atoms with Gasteiger partial charge < -0.3 is 9.84 Å². The summed E-state index contributed by atoms with van der Waals surface area (Å²) in [5.41, 5.74) is 2.63. The van der Waals surface area contributed by atoms with Crippen LogP contribution in [0.4, 0.5) is 0 Å². The molecule has 1 aliphatic carbocycles. The van der Waals surface area contributed by atoms with Crippen LogP contribution in [0.5, 0.6) is 0 Å². The van der Waals surface area contributed by atoms with E-state index in [0.29, 0.717) is 23.6 Å². The van der Waals surface area contributed by atoms with Crippen LogP contribution in [0.15, 0.2) is 85.0 Å². The van der Waals surface area contributed by atoms with Gasteiger partial charge in [-0.15, -0.1) is 13.2 Å². The highest BCUT2D eigenvalue weighted by atomic mass is 35.5. The number of carbonyl (C=O) groups excluding carboxylic acids is 1. The van der Waals surface area contributed by atoms with Gasteiger partial charge in [0.15, 0.2) is 0 Å². The van der Waals surface area contributed by atoms with Crippen molar-refractivity contribution in [2.75, 3.05) is 20.3 Å². The van der Waals surface area contributed by atoms with E-state index in [2.05, 4.69) is 31.9 Å².